The number of carbonyl (C=O) groups is 1. The van der Waals surface area contributed by atoms with Gasteiger partial charge in [0.25, 0.3) is 5.91 Å². The van der Waals surface area contributed by atoms with Crippen LogP contribution in [0.4, 0.5) is 0 Å². The van der Waals surface area contributed by atoms with Crippen molar-refractivity contribution in [1.29, 1.82) is 0 Å². The van der Waals surface area contributed by atoms with Crippen LogP contribution in [0.15, 0.2) is 24.3 Å². The van der Waals surface area contributed by atoms with E-state index in [1.165, 1.54) is 0 Å². The van der Waals surface area contributed by atoms with Gasteiger partial charge in [-0.1, -0.05) is 12.1 Å². The number of nitrogens with zero attached hydrogens (tertiary/aromatic N) is 2. The summed E-state index contributed by atoms with van der Waals surface area (Å²) in [5.41, 5.74) is 6.37. The Morgan fingerprint density at radius 1 is 1.25 bits per heavy atom. The van der Waals surface area contributed by atoms with Gasteiger partial charge in [-0.3, -0.25) is 4.79 Å². The van der Waals surface area contributed by atoms with Gasteiger partial charge < -0.3 is 20.3 Å². The molecule has 0 radical (unpaired) electrons. The van der Waals surface area contributed by atoms with E-state index < -0.39 is 0 Å². The third-order valence-corrected chi connectivity index (χ3v) is 4.15. The average molecular weight is 378 g/mol. The van der Waals surface area contributed by atoms with E-state index in [0.717, 1.165) is 32.5 Å². The Labute approximate surface area is 157 Å². The molecule has 0 atom stereocenters. The van der Waals surface area contributed by atoms with Crippen molar-refractivity contribution in [3.63, 3.8) is 0 Å². The highest BCUT2D eigenvalue weighted by Gasteiger charge is 2.24. The Balaban J connectivity index is 0.00000264. The molecule has 1 aliphatic heterocycles. The van der Waals surface area contributed by atoms with Crippen molar-refractivity contribution in [3.8, 4) is 5.75 Å². The lowest BCUT2D eigenvalue weighted by Crippen LogP contribution is -2.40. The monoisotopic (exact) mass is 377 g/mol. The third kappa shape index (κ3) is 6.48. The van der Waals surface area contributed by atoms with Gasteiger partial charge in [-0.2, -0.15) is 0 Å². The molecule has 1 fully saturated rings. The Hall–Kier alpha value is -1.01. The minimum atomic E-state index is 0. The second-order valence-corrected chi connectivity index (χ2v) is 6.12. The summed E-state index contributed by atoms with van der Waals surface area (Å²) in [7, 11) is 4.00. The highest BCUT2D eigenvalue weighted by molar-refractivity contribution is 5.97. The summed E-state index contributed by atoms with van der Waals surface area (Å²) in [4.78, 5) is 16.7. The fourth-order valence-electron chi connectivity index (χ4n) is 2.65. The van der Waals surface area contributed by atoms with Crippen LogP contribution in [0.3, 0.4) is 0 Å². The number of piperidine rings is 1. The summed E-state index contributed by atoms with van der Waals surface area (Å²) in [6.07, 6.45) is 1.98. The molecule has 0 aromatic heterocycles. The van der Waals surface area contributed by atoms with Gasteiger partial charge in [0.1, 0.15) is 12.4 Å². The van der Waals surface area contributed by atoms with E-state index in [4.69, 9.17) is 10.5 Å². The lowest BCUT2D eigenvalue weighted by atomic mass is 9.96. The van der Waals surface area contributed by atoms with Crippen molar-refractivity contribution in [2.75, 3.05) is 46.9 Å². The number of hydrogen-bond acceptors (Lipinski definition) is 4. The zero-order chi connectivity index (χ0) is 15.9. The molecule has 1 saturated heterocycles. The lowest BCUT2D eigenvalue weighted by molar-refractivity contribution is 0.0688. The first kappa shape index (κ1) is 23.0. The second-order valence-electron chi connectivity index (χ2n) is 6.12. The van der Waals surface area contributed by atoms with Crippen LogP contribution >= 0.6 is 24.8 Å². The van der Waals surface area contributed by atoms with Gasteiger partial charge in [0.15, 0.2) is 0 Å². The van der Waals surface area contributed by atoms with E-state index >= 15 is 0 Å². The smallest absolute Gasteiger partial charge is 0.257 e. The predicted molar refractivity (Wildman–Crippen MR) is 103 cm³/mol. The molecule has 1 aromatic rings. The number of likely N-dealkylation sites (tertiary alicyclic amines) is 1. The first-order chi connectivity index (χ1) is 10.6. The normalized spacial score (nSPS) is 14.8. The largest absolute Gasteiger partial charge is 0.491 e. The molecule has 0 saturated carbocycles. The van der Waals surface area contributed by atoms with Crippen molar-refractivity contribution in [2.24, 2.45) is 11.7 Å². The third-order valence-electron chi connectivity index (χ3n) is 4.15. The van der Waals surface area contributed by atoms with Crippen molar-refractivity contribution in [1.82, 2.24) is 9.80 Å². The van der Waals surface area contributed by atoms with Gasteiger partial charge in [-0.15, -0.1) is 24.8 Å². The highest BCUT2D eigenvalue weighted by Crippen LogP contribution is 2.23. The molecule has 2 N–H and O–H groups in total. The van der Waals surface area contributed by atoms with E-state index in [2.05, 4.69) is 4.90 Å². The molecule has 1 aromatic carbocycles. The Kier molecular flexibility index (Phi) is 11.0. The van der Waals surface area contributed by atoms with Gasteiger partial charge in [0.2, 0.25) is 0 Å². The predicted octanol–water partition coefficient (Wildman–Crippen LogP) is 2.28. The number of hydrogen-bond donors (Lipinski definition) is 1. The zero-order valence-electron chi connectivity index (χ0n) is 14.4. The summed E-state index contributed by atoms with van der Waals surface area (Å²) in [6.45, 7) is 3.68. The van der Waals surface area contributed by atoms with E-state index in [1.54, 1.807) is 0 Å². The summed E-state index contributed by atoms with van der Waals surface area (Å²) < 4.78 is 5.79. The zero-order valence-corrected chi connectivity index (χ0v) is 16.1. The summed E-state index contributed by atoms with van der Waals surface area (Å²) in [5.74, 6) is 1.29. The molecule has 1 amide bonds. The van der Waals surface area contributed by atoms with E-state index in [0.29, 0.717) is 30.4 Å². The number of para-hydroxylation sites is 1. The van der Waals surface area contributed by atoms with Crippen LogP contribution in [0.25, 0.3) is 0 Å². The van der Waals surface area contributed by atoms with Crippen LogP contribution in [-0.4, -0.2) is 62.6 Å². The molecule has 1 heterocycles. The molecule has 0 aliphatic carbocycles. The van der Waals surface area contributed by atoms with Crippen molar-refractivity contribution >= 4 is 30.7 Å². The molecule has 7 heteroatoms. The van der Waals surface area contributed by atoms with Crippen molar-refractivity contribution in [3.05, 3.63) is 29.8 Å². The van der Waals surface area contributed by atoms with Gasteiger partial charge in [-0.05, 0) is 51.5 Å². The Morgan fingerprint density at radius 2 is 1.88 bits per heavy atom. The van der Waals surface area contributed by atoms with E-state index in [9.17, 15) is 4.79 Å². The first-order valence-corrected chi connectivity index (χ1v) is 7.97. The number of nitrogens with two attached hydrogens (primary N) is 1. The lowest BCUT2D eigenvalue weighted by Gasteiger charge is -2.31. The van der Waals surface area contributed by atoms with Crippen LogP contribution < -0.4 is 10.5 Å². The van der Waals surface area contributed by atoms with E-state index in [-0.39, 0.29) is 30.7 Å². The average Bonchev–Trinajstić information content (AvgIpc) is 2.54. The van der Waals surface area contributed by atoms with Gasteiger partial charge in [0, 0.05) is 19.6 Å². The summed E-state index contributed by atoms with van der Waals surface area (Å²) >= 11 is 0. The number of halogens is 2. The molecule has 138 valence electrons. The fraction of sp³-hybridized carbons (Fsp3) is 0.588. The molecule has 0 unspecified atom stereocenters. The van der Waals surface area contributed by atoms with Gasteiger partial charge in [-0.25, -0.2) is 0 Å². The van der Waals surface area contributed by atoms with Crippen molar-refractivity contribution in [2.45, 2.75) is 12.8 Å². The fourth-order valence-corrected chi connectivity index (χ4v) is 2.65. The quantitative estimate of drug-likeness (QED) is 0.825. The van der Waals surface area contributed by atoms with Crippen LogP contribution in [0.5, 0.6) is 5.75 Å². The van der Waals surface area contributed by atoms with Crippen LogP contribution in [0.2, 0.25) is 0 Å². The van der Waals surface area contributed by atoms with Crippen LogP contribution in [-0.2, 0) is 0 Å². The maximum Gasteiger partial charge on any atom is 0.257 e. The maximum absolute atomic E-state index is 12.7. The minimum absolute atomic E-state index is 0. The van der Waals surface area contributed by atoms with Gasteiger partial charge in [0.05, 0.1) is 5.56 Å². The molecule has 0 bridgehead atoms. The first-order valence-electron chi connectivity index (χ1n) is 7.97. The summed E-state index contributed by atoms with van der Waals surface area (Å²) in [6, 6.07) is 7.51. The summed E-state index contributed by atoms with van der Waals surface area (Å²) in [5, 5.41) is 0. The standard InChI is InChI=1S/C17H27N3O2.2ClH/c1-19(2)11-12-22-16-6-4-3-5-15(16)17(21)20-9-7-14(13-18)8-10-20;;/h3-6,14H,7-13,18H2,1-2H3;2*1H. The van der Waals surface area contributed by atoms with Crippen molar-refractivity contribution < 1.29 is 9.53 Å². The Morgan fingerprint density at radius 3 is 2.46 bits per heavy atom. The number of amides is 1. The topological polar surface area (TPSA) is 58.8 Å². The highest BCUT2D eigenvalue weighted by atomic mass is 35.5. The van der Waals surface area contributed by atoms with E-state index in [1.807, 2.05) is 43.3 Å². The number of carbonyl (C=O) groups excluding carboxylic acids is 1. The maximum atomic E-state index is 12.7. The number of likely N-dealkylation sites (N-methyl/N-ethyl adjacent to an activating group) is 1. The molecular weight excluding hydrogens is 349 g/mol. The molecule has 2 rings (SSSR count). The van der Waals surface area contributed by atoms with Crippen LogP contribution in [0.1, 0.15) is 23.2 Å². The molecular formula is C17H29Cl2N3O2. The Bertz CT molecular complexity index is 492. The molecule has 5 nitrogen and oxygen atoms in total. The molecule has 1 aliphatic rings. The number of ether oxygens (including phenoxy) is 1. The number of benzene rings is 1. The van der Waals surface area contributed by atoms with Crippen LogP contribution in [0, 0.1) is 5.92 Å². The SMILES string of the molecule is CN(C)CCOc1ccccc1C(=O)N1CCC(CN)CC1.Cl.Cl. The minimum Gasteiger partial charge on any atom is -0.491 e. The molecule has 24 heavy (non-hydrogen) atoms. The van der Waals surface area contributed by atoms with Gasteiger partial charge >= 0.3 is 0 Å². The number of rotatable bonds is 6. The molecule has 0 spiro atoms. The second kappa shape index (κ2) is 11.5.